The second-order valence-electron chi connectivity index (χ2n) is 7.45. The summed E-state index contributed by atoms with van der Waals surface area (Å²) in [5.74, 6) is 0.567. The molecule has 0 aliphatic rings. The minimum absolute atomic E-state index is 0.0474. The van der Waals surface area contributed by atoms with Crippen molar-refractivity contribution in [1.29, 1.82) is 0 Å². The third-order valence-electron chi connectivity index (χ3n) is 5.14. The highest BCUT2D eigenvalue weighted by molar-refractivity contribution is 7.15. The van der Waals surface area contributed by atoms with Crippen molar-refractivity contribution >= 4 is 27.9 Å². The van der Waals surface area contributed by atoms with E-state index in [1.54, 1.807) is 18.2 Å². The van der Waals surface area contributed by atoms with Crippen molar-refractivity contribution in [2.24, 2.45) is 0 Å². The summed E-state index contributed by atoms with van der Waals surface area (Å²) in [7, 11) is 0. The minimum Gasteiger partial charge on any atom is -0.455 e. The molecule has 0 atom stereocenters. The maximum Gasteiger partial charge on any atom is 0.271 e. The third kappa shape index (κ3) is 4.14. The zero-order chi connectivity index (χ0) is 22.8. The summed E-state index contributed by atoms with van der Waals surface area (Å²) in [4.78, 5) is 31.3. The molecule has 2 aromatic heterocycles. The van der Waals surface area contributed by atoms with Crippen molar-refractivity contribution < 1.29 is 9.53 Å². The topological polar surface area (TPSA) is 72.7 Å². The molecule has 0 fully saturated rings. The lowest BCUT2D eigenvalue weighted by atomic mass is 10.1. The number of ether oxygens (including phenoxy) is 1. The number of rotatable bonds is 5. The molecule has 1 amide bonds. The van der Waals surface area contributed by atoms with Crippen LogP contribution in [-0.4, -0.2) is 15.3 Å². The van der Waals surface area contributed by atoms with Crippen LogP contribution in [0.4, 0.5) is 5.69 Å². The summed E-state index contributed by atoms with van der Waals surface area (Å²) in [6.45, 7) is 2.00. The van der Waals surface area contributed by atoms with Crippen molar-refractivity contribution in [3.8, 4) is 22.8 Å². The number of benzene rings is 3. The van der Waals surface area contributed by atoms with Crippen molar-refractivity contribution in [2.45, 2.75) is 6.92 Å². The zero-order valence-electron chi connectivity index (χ0n) is 17.7. The highest BCUT2D eigenvalue weighted by Gasteiger charge is 2.18. The molecule has 0 radical (unpaired) electrons. The van der Waals surface area contributed by atoms with Gasteiger partial charge in [0.1, 0.15) is 11.3 Å². The van der Waals surface area contributed by atoms with Crippen LogP contribution in [0.2, 0.25) is 0 Å². The lowest BCUT2D eigenvalue weighted by molar-refractivity contribution is 0.102. The molecule has 5 aromatic rings. The van der Waals surface area contributed by atoms with Gasteiger partial charge in [-0.15, -0.1) is 11.3 Å². The normalized spacial score (nSPS) is 10.8. The Morgan fingerprint density at radius 2 is 1.70 bits per heavy atom. The lowest BCUT2D eigenvalue weighted by Crippen LogP contribution is -2.26. The first kappa shape index (κ1) is 20.7. The fraction of sp³-hybridized carbons (Fsp3) is 0.0385. The molecule has 162 valence electrons. The number of nitrogens with zero attached hydrogens (tertiary/aromatic N) is 2. The van der Waals surface area contributed by atoms with Crippen molar-refractivity contribution in [2.75, 3.05) is 5.32 Å². The number of hydrogen-bond acceptors (Lipinski definition) is 5. The van der Waals surface area contributed by atoms with E-state index in [0.717, 1.165) is 11.1 Å². The van der Waals surface area contributed by atoms with Crippen LogP contribution >= 0.6 is 11.3 Å². The van der Waals surface area contributed by atoms with Crippen LogP contribution in [0.25, 0.3) is 16.2 Å². The Morgan fingerprint density at radius 1 is 0.970 bits per heavy atom. The first-order valence-corrected chi connectivity index (χ1v) is 11.2. The van der Waals surface area contributed by atoms with Crippen molar-refractivity contribution in [1.82, 2.24) is 9.38 Å². The van der Waals surface area contributed by atoms with Crippen LogP contribution in [0, 0.1) is 6.92 Å². The highest BCUT2D eigenvalue weighted by Crippen LogP contribution is 2.29. The predicted octanol–water partition coefficient (Wildman–Crippen LogP) is 5.78. The van der Waals surface area contributed by atoms with Crippen molar-refractivity contribution in [3.05, 3.63) is 112 Å². The first-order valence-electron chi connectivity index (χ1n) is 10.3. The van der Waals surface area contributed by atoms with E-state index in [2.05, 4.69) is 10.3 Å². The number of thiazole rings is 1. The van der Waals surface area contributed by atoms with E-state index in [4.69, 9.17) is 4.74 Å². The Bertz CT molecular complexity index is 1510. The SMILES string of the molecule is Cc1ccc(-c2csc3ncc(C(=O)Nc4ccccc4Oc4ccccc4)c(=O)n23)cc1. The molecule has 2 heterocycles. The van der Waals surface area contributed by atoms with Gasteiger partial charge in [-0.1, -0.05) is 60.2 Å². The summed E-state index contributed by atoms with van der Waals surface area (Å²) >= 11 is 1.36. The molecule has 5 rings (SSSR count). The van der Waals surface area contributed by atoms with Crippen LogP contribution in [0.1, 0.15) is 15.9 Å². The summed E-state index contributed by atoms with van der Waals surface area (Å²) in [5.41, 5.74) is 2.70. The second kappa shape index (κ2) is 8.72. The molecular weight excluding hydrogens is 434 g/mol. The number of nitrogens with one attached hydrogen (secondary N) is 1. The smallest absolute Gasteiger partial charge is 0.271 e. The number of para-hydroxylation sites is 3. The maximum absolute atomic E-state index is 13.3. The Labute approximate surface area is 193 Å². The third-order valence-corrected chi connectivity index (χ3v) is 5.98. The molecule has 7 heteroatoms. The van der Waals surface area contributed by atoms with Gasteiger partial charge >= 0.3 is 0 Å². The number of aromatic nitrogens is 2. The molecular formula is C26H19N3O3S. The standard InChI is InChI=1S/C26H19N3O3S/c1-17-11-13-18(14-12-17)22-16-33-26-27-15-20(25(31)29(22)26)24(30)28-21-9-5-6-10-23(21)32-19-7-3-2-4-8-19/h2-16H,1H3,(H,28,30). The van der Waals surface area contributed by atoms with Gasteiger partial charge in [0.25, 0.3) is 11.5 Å². The molecule has 3 aromatic carbocycles. The lowest BCUT2D eigenvalue weighted by Gasteiger charge is -2.12. The van der Waals surface area contributed by atoms with Gasteiger partial charge in [-0.25, -0.2) is 4.98 Å². The minimum atomic E-state index is -0.549. The highest BCUT2D eigenvalue weighted by atomic mass is 32.1. The fourth-order valence-electron chi connectivity index (χ4n) is 3.44. The van der Waals surface area contributed by atoms with Gasteiger partial charge in [0.05, 0.1) is 11.4 Å². The average molecular weight is 454 g/mol. The second-order valence-corrected chi connectivity index (χ2v) is 8.28. The Morgan fingerprint density at radius 3 is 2.48 bits per heavy atom. The Balaban J connectivity index is 1.49. The maximum atomic E-state index is 13.3. The van der Waals surface area contributed by atoms with Gasteiger partial charge in [0, 0.05) is 11.6 Å². The van der Waals surface area contributed by atoms with Crippen LogP contribution in [-0.2, 0) is 0 Å². The molecule has 0 unspecified atom stereocenters. The summed E-state index contributed by atoms with van der Waals surface area (Å²) < 4.78 is 7.39. The van der Waals surface area contributed by atoms with E-state index < -0.39 is 11.5 Å². The number of anilines is 1. The van der Waals surface area contributed by atoms with E-state index in [9.17, 15) is 9.59 Å². The van der Waals surface area contributed by atoms with Gasteiger partial charge in [-0.05, 0) is 36.8 Å². The quantitative estimate of drug-likeness (QED) is 0.366. The molecule has 0 bridgehead atoms. The van der Waals surface area contributed by atoms with E-state index >= 15 is 0 Å². The molecule has 0 aliphatic carbocycles. The van der Waals surface area contributed by atoms with Gasteiger partial charge in [0.15, 0.2) is 10.7 Å². The summed E-state index contributed by atoms with van der Waals surface area (Å²) in [5, 5.41) is 4.67. The van der Waals surface area contributed by atoms with Crippen molar-refractivity contribution in [3.63, 3.8) is 0 Å². The summed E-state index contributed by atoms with van der Waals surface area (Å²) in [6.07, 6.45) is 1.32. The molecule has 6 nitrogen and oxygen atoms in total. The monoisotopic (exact) mass is 453 g/mol. The van der Waals surface area contributed by atoms with E-state index in [1.807, 2.05) is 73.0 Å². The summed E-state index contributed by atoms with van der Waals surface area (Å²) in [6, 6.07) is 24.2. The Kier molecular flexibility index (Phi) is 5.46. The average Bonchev–Trinajstić information content (AvgIpc) is 3.27. The van der Waals surface area contributed by atoms with E-state index in [0.29, 0.717) is 27.8 Å². The number of amides is 1. The first-order chi connectivity index (χ1) is 16.1. The Hall–Kier alpha value is -4.23. The number of fused-ring (bicyclic) bond motifs is 1. The molecule has 33 heavy (non-hydrogen) atoms. The molecule has 0 saturated carbocycles. The number of carbonyl (C=O) groups excluding carboxylic acids is 1. The largest absolute Gasteiger partial charge is 0.455 e. The molecule has 0 spiro atoms. The number of hydrogen-bond donors (Lipinski definition) is 1. The molecule has 1 N–H and O–H groups in total. The van der Waals surface area contributed by atoms with Crippen LogP contribution in [0.5, 0.6) is 11.5 Å². The van der Waals surface area contributed by atoms with E-state index in [1.165, 1.54) is 21.9 Å². The van der Waals surface area contributed by atoms with Gasteiger partial charge in [-0.2, -0.15) is 0 Å². The zero-order valence-corrected chi connectivity index (χ0v) is 18.5. The van der Waals surface area contributed by atoms with E-state index in [-0.39, 0.29) is 5.56 Å². The fourth-order valence-corrected chi connectivity index (χ4v) is 4.30. The van der Waals surface area contributed by atoms with Gasteiger partial charge < -0.3 is 10.1 Å². The van der Waals surface area contributed by atoms with Crippen LogP contribution < -0.4 is 15.6 Å². The van der Waals surface area contributed by atoms with Gasteiger partial charge in [0.2, 0.25) is 0 Å². The molecule has 0 aliphatic heterocycles. The van der Waals surface area contributed by atoms with Crippen LogP contribution in [0.15, 0.2) is 95.2 Å². The number of aryl methyl sites for hydroxylation is 1. The predicted molar refractivity (Wildman–Crippen MR) is 130 cm³/mol. The van der Waals surface area contributed by atoms with Gasteiger partial charge in [-0.3, -0.25) is 14.0 Å². The van der Waals surface area contributed by atoms with Crippen LogP contribution in [0.3, 0.4) is 0 Å². The molecule has 0 saturated heterocycles. The number of carbonyl (C=O) groups is 1.